The fourth-order valence-corrected chi connectivity index (χ4v) is 1.05. The molecule has 0 bridgehead atoms. The third kappa shape index (κ3) is 2.71. The molecule has 2 N–H and O–H groups in total. The second-order valence-electron chi connectivity index (χ2n) is 2.75. The second kappa shape index (κ2) is 5.19. The van der Waals surface area contributed by atoms with E-state index in [0.717, 1.165) is 5.56 Å². The molecule has 1 rings (SSSR count). The van der Waals surface area contributed by atoms with Crippen LogP contribution in [0.25, 0.3) is 6.08 Å². The minimum atomic E-state index is -0.320. The van der Waals surface area contributed by atoms with E-state index in [1.165, 1.54) is 7.11 Å². The third-order valence-corrected chi connectivity index (χ3v) is 1.78. The van der Waals surface area contributed by atoms with Crippen LogP contribution in [0.5, 0.6) is 0 Å². The fourth-order valence-electron chi connectivity index (χ4n) is 1.05. The number of carbonyl (C=O) groups is 1. The zero-order chi connectivity index (χ0) is 10.4. The first-order valence-electron chi connectivity index (χ1n) is 4.33. The molecule has 0 aliphatic rings. The van der Waals surface area contributed by atoms with Gasteiger partial charge in [0.25, 0.3) is 0 Å². The molecule has 0 amide bonds. The van der Waals surface area contributed by atoms with E-state index in [-0.39, 0.29) is 5.97 Å². The first-order chi connectivity index (χ1) is 6.77. The molecule has 3 nitrogen and oxygen atoms in total. The lowest BCUT2D eigenvalue weighted by atomic mass is 10.1. The highest BCUT2D eigenvalue weighted by Crippen LogP contribution is 2.06. The lowest BCUT2D eigenvalue weighted by Gasteiger charge is -1.98. The van der Waals surface area contributed by atoms with Gasteiger partial charge in [-0.15, -0.1) is 0 Å². The number of carbonyl (C=O) groups excluding carboxylic acids is 1. The van der Waals surface area contributed by atoms with Gasteiger partial charge in [-0.2, -0.15) is 0 Å². The summed E-state index contributed by atoms with van der Waals surface area (Å²) < 4.78 is 4.58. The van der Waals surface area contributed by atoms with Crippen LogP contribution in [0.2, 0.25) is 0 Å². The van der Waals surface area contributed by atoms with Crippen molar-refractivity contribution in [2.45, 2.75) is 0 Å². The smallest absolute Gasteiger partial charge is 0.337 e. The van der Waals surface area contributed by atoms with Gasteiger partial charge in [0.05, 0.1) is 12.7 Å². The van der Waals surface area contributed by atoms with Gasteiger partial charge in [0.2, 0.25) is 0 Å². The molecule has 0 saturated heterocycles. The van der Waals surface area contributed by atoms with Gasteiger partial charge >= 0.3 is 5.97 Å². The number of rotatable bonds is 3. The predicted octanol–water partition coefficient (Wildman–Crippen LogP) is 1.45. The van der Waals surface area contributed by atoms with Gasteiger partial charge < -0.3 is 10.5 Å². The first-order valence-corrected chi connectivity index (χ1v) is 4.33. The Morgan fingerprint density at radius 3 is 2.57 bits per heavy atom. The van der Waals surface area contributed by atoms with E-state index in [2.05, 4.69) is 4.74 Å². The van der Waals surface area contributed by atoms with E-state index in [4.69, 9.17) is 5.73 Å². The molecule has 3 heteroatoms. The Labute approximate surface area is 83.2 Å². The average Bonchev–Trinajstić information content (AvgIpc) is 2.26. The lowest BCUT2D eigenvalue weighted by molar-refractivity contribution is 0.0601. The Bertz CT molecular complexity index is 328. The van der Waals surface area contributed by atoms with Gasteiger partial charge in [-0.1, -0.05) is 24.3 Å². The molecule has 14 heavy (non-hydrogen) atoms. The summed E-state index contributed by atoms with van der Waals surface area (Å²) in [6.45, 7) is 0.513. The van der Waals surface area contributed by atoms with Crippen molar-refractivity contribution in [1.29, 1.82) is 0 Å². The van der Waals surface area contributed by atoms with Crippen LogP contribution in [0.3, 0.4) is 0 Å². The van der Waals surface area contributed by atoms with Crippen LogP contribution in [0.4, 0.5) is 0 Å². The minimum absolute atomic E-state index is 0.320. The van der Waals surface area contributed by atoms with Crippen LogP contribution in [-0.2, 0) is 4.74 Å². The molecular formula is C11H13NO2. The molecule has 74 valence electrons. The van der Waals surface area contributed by atoms with Crippen LogP contribution < -0.4 is 5.73 Å². The fraction of sp³-hybridized carbons (Fsp3) is 0.182. The monoisotopic (exact) mass is 191 g/mol. The van der Waals surface area contributed by atoms with Crippen molar-refractivity contribution >= 4 is 12.0 Å². The SMILES string of the molecule is COC(=O)c1ccc(/C=C/CN)cc1. The Morgan fingerprint density at radius 1 is 1.43 bits per heavy atom. The molecule has 0 saturated carbocycles. The maximum Gasteiger partial charge on any atom is 0.337 e. The van der Waals surface area contributed by atoms with E-state index in [9.17, 15) is 4.79 Å². The Morgan fingerprint density at radius 2 is 2.07 bits per heavy atom. The topological polar surface area (TPSA) is 52.3 Å². The number of hydrogen-bond donors (Lipinski definition) is 1. The Kier molecular flexibility index (Phi) is 3.88. The van der Waals surface area contributed by atoms with Gasteiger partial charge in [-0.25, -0.2) is 4.79 Å². The highest BCUT2D eigenvalue weighted by atomic mass is 16.5. The summed E-state index contributed by atoms with van der Waals surface area (Å²) in [6.07, 6.45) is 3.76. The second-order valence-corrected chi connectivity index (χ2v) is 2.75. The summed E-state index contributed by atoms with van der Waals surface area (Å²) in [5.74, 6) is -0.320. The zero-order valence-electron chi connectivity index (χ0n) is 8.07. The molecule has 0 atom stereocenters. The summed E-state index contributed by atoms with van der Waals surface area (Å²) in [6, 6.07) is 7.14. The largest absolute Gasteiger partial charge is 0.465 e. The summed E-state index contributed by atoms with van der Waals surface area (Å²) in [5.41, 5.74) is 6.89. The summed E-state index contributed by atoms with van der Waals surface area (Å²) in [7, 11) is 1.37. The highest BCUT2D eigenvalue weighted by Gasteiger charge is 2.02. The zero-order valence-corrected chi connectivity index (χ0v) is 8.07. The maximum absolute atomic E-state index is 11.1. The van der Waals surface area contributed by atoms with Crippen molar-refractivity contribution in [3.63, 3.8) is 0 Å². The number of hydrogen-bond acceptors (Lipinski definition) is 3. The third-order valence-electron chi connectivity index (χ3n) is 1.78. The molecule has 1 aromatic carbocycles. The molecule has 0 aromatic heterocycles. The molecule has 0 fully saturated rings. The minimum Gasteiger partial charge on any atom is -0.465 e. The predicted molar refractivity (Wildman–Crippen MR) is 55.9 cm³/mol. The van der Waals surface area contributed by atoms with Gasteiger partial charge in [0.1, 0.15) is 0 Å². The van der Waals surface area contributed by atoms with Crippen LogP contribution in [0, 0.1) is 0 Å². The van der Waals surface area contributed by atoms with E-state index in [1.54, 1.807) is 12.1 Å². The number of methoxy groups -OCH3 is 1. The molecule has 0 heterocycles. The van der Waals surface area contributed by atoms with E-state index in [0.29, 0.717) is 12.1 Å². The van der Waals surface area contributed by atoms with Gasteiger partial charge in [-0.3, -0.25) is 0 Å². The van der Waals surface area contributed by atoms with Crippen LogP contribution >= 0.6 is 0 Å². The van der Waals surface area contributed by atoms with Crippen LogP contribution in [0.15, 0.2) is 30.3 Å². The molecule has 0 spiro atoms. The van der Waals surface area contributed by atoms with Crippen molar-refractivity contribution in [3.8, 4) is 0 Å². The Hall–Kier alpha value is -1.61. The van der Waals surface area contributed by atoms with Gasteiger partial charge in [0, 0.05) is 6.54 Å². The molecule has 0 aliphatic carbocycles. The molecular weight excluding hydrogens is 178 g/mol. The van der Waals surface area contributed by atoms with Crippen molar-refractivity contribution in [2.75, 3.05) is 13.7 Å². The lowest BCUT2D eigenvalue weighted by Crippen LogP contribution is -2.00. The van der Waals surface area contributed by atoms with Crippen LogP contribution in [0.1, 0.15) is 15.9 Å². The molecule has 0 unspecified atom stereocenters. The highest BCUT2D eigenvalue weighted by molar-refractivity contribution is 5.89. The summed E-state index contributed by atoms with van der Waals surface area (Å²) in [5, 5.41) is 0. The van der Waals surface area contributed by atoms with Gasteiger partial charge in [-0.05, 0) is 17.7 Å². The quantitative estimate of drug-likeness (QED) is 0.735. The van der Waals surface area contributed by atoms with Crippen molar-refractivity contribution in [3.05, 3.63) is 41.5 Å². The maximum atomic E-state index is 11.1. The summed E-state index contributed by atoms with van der Waals surface area (Å²) >= 11 is 0. The van der Waals surface area contributed by atoms with E-state index >= 15 is 0 Å². The average molecular weight is 191 g/mol. The first kappa shape index (κ1) is 10.5. The number of benzene rings is 1. The molecule has 0 radical (unpaired) electrons. The van der Waals surface area contributed by atoms with Gasteiger partial charge in [0.15, 0.2) is 0 Å². The van der Waals surface area contributed by atoms with Crippen LogP contribution in [-0.4, -0.2) is 19.6 Å². The van der Waals surface area contributed by atoms with Crippen molar-refractivity contribution in [2.24, 2.45) is 5.73 Å². The van der Waals surface area contributed by atoms with Crippen molar-refractivity contribution < 1.29 is 9.53 Å². The molecule has 0 aliphatic heterocycles. The number of esters is 1. The standard InChI is InChI=1S/C11H13NO2/c1-14-11(13)10-6-4-9(5-7-10)3-2-8-12/h2-7H,8,12H2,1H3/b3-2+. The Balaban J connectivity index is 2.78. The van der Waals surface area contributed by atoms with Crippen molar-refractivity contribution in [1.82, 2.24) is 0 Å². The van der Waals surface area contributed by atoms with E-state index in [1.807, 2.05) is 24.3 Å². The normalized spacial score (nSPS) is 10.4. The number of ether oxygens (including phenoxy) is 1. The summed E-state index contributed by atoms with van der Waals surface area (Å²) in [4.78, 5) is 11.1. The molecule has 1 aromatic rings. The number of nitrogens with two attached hydrogens (primary N) is 1. The van der Waals surface area contributed by atoms with E-state index < -0.39 is 0 Å².